The minimum atomic E-state index is -0.551. The highest BCUT2D eigenvalue weighted by Gasteiger charge is 2.13. The molecule has 1 heterocycles. The van der Waals surface area contributed by atoms with Crippen LogP contribution in [-0.4, -0.2) is 36.4 Å². The second-order valence-electron chi connectivity index (χ2n) is 7.96. The van der Waals surface area contributed by atoms with Gasteiger partial charge in [-0.25, -0.2) is 0 Å². The van der Waals surface area contributed by atoms with Crippen molar-refractivity contribution < 1.29 is 19.0 Å². The van der Waals surface area contributed by atoms with Crippen LogP contribution in [-0.2, 0) is 11.2 Å². The zero-order valence-electron chi connectivity index (χ0n) is 20.9. The van der Waals surface area contributed by atoms with E-state index < -0.39 is 5.91 Å². The standard InChI is InChI=1S/C27H30N4O4S/c1-5-18(3)20-8-10-22(11-9-20)34-13-14-35-23-12-7-19(16-24(23)33-4)15-21(17-28)26(32)29-27-31-30-25(6-2)36-27/h7-12,15-16,18H,5-6,13-14H2,1-4H3,(H,29,31,32)/b21-15-. The van der Waals surface area contributed by atoms with E-state index in [2.05, 4.69) is 41.5 Å². The van der Waals surface area contributed by atoms with Crippen molar-refractivity contribution in [2.45, 2.75) is 39.5 Å². The van der Waals surface area contributed by atoms with Crippen LogP contribution in [0.4, 0.5) is 5.13 Å². The van der Waals surface area contributed by atoms with E-state index in [1.807, 2.05) is 25.1 Å². The molecule has 9 heteroatoms. The van der Waals surface area contributed by atoms with Crippen molar-refractivity contribution in [1.29, 1.82) is 5.26 Å². The lowest BCUT2D eigenvalue weighted by atomic mass is 9.99. The van der Waals surface area contributed by atoms with Gasteiger partial charge in [0.2, 0.25) is 5.13 Å². The third-order valence-electron chi connectivity index (χ3n) is 5.52. The van der Waals surface area contributed by atoms with Gasteiger partial charge in [0.15, 0.2) is 11.5 Å². The maximum atomic E-state index is 12.5. The molecule has 1 N–H and O–H groups in total. The summed E-state index contributed by atoms with van der Waals surface area (Å²) < 4.78 is 17.0. The fourth-order valence-corrected chi connectivity index (χ4v) is 3.93. The summed E-state index contributed by atoms with van der Waals surface area (Å²) in [5.74, 6) is 1.78. The second-order valence-corrected chi connectivity index (χ2v) is 9.03. The molecule has 0 saturated heterocycles. The molecule has 188 valence electrons. The molecule has 1 aromatic heterocycles. The van der Waals surface area contributed by atoms with Crippen molar-refractivity contribution >= 4 is 28.5 Å². The number of carbonyl (C=O) groups is 1. The highest BCUT2D eigenvalue weighted by atomic mass is 32.1. The molecule has 0 aliphatic heterocycles. The van der Waals surface area contributed by atoms with Gasteiger partial charge in [-0.2, -0.15) is 5.26 Å². The van der Waals surface area contributed by atoms with Crippen LogP contribution in [0.15, 0.2) is 48.0 Å². The van der Waals surface area contributed by atoms with Gasteiger partial charge in [0.25, 0.3) is 5.91 Å². The van der Waals surface area contributed by atoms with Crippen LogP contribution in [0.25, 0.3) is 6.08 Å². The molecule has 0 aliphatic carbocycles. The monoisotopic (exact) mass is 506 g/mol. The Hall–Kier alpha value is -3.90. The summed E-state index contributed by atoms with van der Waals surface area (Å²) in [7, 11) is 1.53. The number of aromatic nitrogens is 2. The molecule has 3 rings (SSSR count). The first-order valence-corrected chi connectivity index (χ1v) is 12.6. The van der Waals surface area contributed by atoms with E-state index in [0.29, 0.717) is 41.3 Å². The Morgan fingerprint density at radius 1 is 1.11 bits per heavy atom. The summed E-state index contributed by atoms with van der Waals surface area (Å²) in [5.41, 5.74) is 1.85. The molecule has 0 fully saturated rings. The van der Waals surface area contributed by atoms with E-state index >= 15 is 0 Å². The van der Waals surface area contributed by atoms with E-state index in [1.54, 1.807) is 18.2 Å². The molecular weight excluding hydrogens is 476 g/mol. The van der Waals surface area contributed by atoms with Crippen LogP contribution in [0.1, 0.15) is 49.2 Å². The van der Waals surface area contributed by atoms with Gasteiger partial charge in [-0.05, 0) is 60.2 Å². The molecule has 0 bridgehead atoms. The molecule has 3 aromatic rings. The van der Waals surface area contributed by atoms with Crippen LogP contribution >= 0.6 is 11.3 Å². The predicted molar refractivity (Wildman–Crippen MR) is 141 cm³/mol. The smallest absolute Gasteiger partial charge is 0.268 e. The number of amides is 1. The first-order chi connectivity index (χ1) is 17.5. The summed E-state index contributed by atoms with van der Waals surface area (Å²) in [6, 6.07) is 15.2. The van der Waals surface area contributed by atoms with Crippen LogP contribution in [0.3, 0.4) is 0 Å². The zero-order valence-corrected chi connectivity index (χ0v) is 21.7. The Kier molecular flexibility index (Phi) is 9.83. The van der Waals surface area contributed by atoms with Crippen LogP contribution < -0.4 is 19.5 Å². The van der Waals surface area contributed by atoms with Gasteiger partial charge < -0.3 is 14.2 Å². The number of nitriles is 1. The molecule has 36 heavy (non-hydrogen) atoms. The Labute approximate surface area is 215 Å². The minimum absolute atomic E-state index is 0.0632. The average molecular weight is 507 g/mol. The summed E-state index contributed by atoms with van der Waals surface area (Å²) in [6.07, 6.45) is 3.30. The lowest BCUT2D eigenvalue weighted by Crippen LogP contribution is -2.13. The van der Waals surface area contributed by atoms with Crippen molar-refractivity contribution in [3.63, 3.8) is 0 Å². The predicted octanol–water partition coefficient (Wildman–Crippen LogP) is 5.63. The molecule has 1 amide bonds. The Bertz CT molecular complexity index is 1230. The molecule has 0 radical (unpaired) electrons. The average Bonchev–Trinajstić information content (AvgIpc) is 3.37. The van der Waals surface area contributed by atoms with E-state index in [1.165, 1.54) is 30.1 Å². The van der Waals surface area contributed by atoms with Crippen molar-refractivity contribution in [2.75, 3.05) is 25.6 Å². The van der Waals surface area contributed by atoms with E-state index in [0.717, 1.165) is 23.6 Å². The van der Waals surface area contributed by atoms with Gasteiger partial charge in [-0.3, -0.25) is 10.1 Å². The van der Waals surface area contributed by atoms with Gasteiger partial charge in [-0.1, -0.05) is 50.3 Å². The maximum absolute atomic E-state index is 12.5. The molecule has 0 aliphatic rings. The molecule has 2 aromatic carbocycles. The number of aryl methyl sites for hydroxylation is 1. The van der Waals surface area contributed by atoms with E-state index in [-0.39, 0.29) is 5.57 Å². The fraction of sp³-hybridized carbons (Fsp3) is 0.333. The summed E-state index contributed by atoms with van der Waals surface area (Å²) in [4.78, 5) is 12.5. The quantitative estimate of drug-likeness (QED) is 0.193. The van der Waals surface area contributed by atoms with Crippen molar-refractivity contribution in [3.05, 3.63) is 64.2 Å². The zero-order chi connectivity index (χ0) is 25.9. The number of anilines is 1. The number of methoxy groups -OCH3 is 1. The second kappa shape index (κ2) is 13.3. The molecular formula is C27H30N4O4S. The lowest BCUT2D eigenvalue weighted by Gasteiger charge is -2.13. The number of hydrogen-bond donors (Lipinski definition) is 1. The third-order valence-corrected chi connectivity index (χ3v) is 6.51. The summed E-state index contributed by atoms with van der Waals surface area (Å²) in [6.45, 7) is 7.03. The molecule has 1 unspecified atom stereocenters. The van der Waals surface area contributed by atoms with Crippen LogP contribution in [0.5, 0.6) is 17.2 Å². The van der Waals surface area contributed by atoms with Crippen LogP contribution in [0, 0.1) is 11.3 Å². The molecule has 8 nitrogen and oxygen atoms in total. The van der Waals surface area contributed by atoms with Gasteiger partial charge in [-0.15, -0.1) is 10.2 Å². The lowest BCUT2D eigenvalue weighted by molar-refractivity contribution is -0.112. The minimum Gasteiger partial charge on any atom is -0.493 e. The Morgan fingerprint density at radius 3 is 2.50 bits per heavy atom. The summed E-state index contributed by atoms with van der Waals surface area (Å²) >= 11 is 1.28. The van der Waals surface area contributed by atoms with Gasteiger partial charge >= 0.3 is 0 Å². The van der Waals surface area contributed by atoms with Crippen molar-refractivity contribution in [2.24, 2.45) is 0 Å². The first-order valence-electron chi connectivity index (χ1n) is 11.8. The Morgan fingerprint density at radius 2 is 1.86 bits per heavy atom. The summed E-state index contributed by atoms with van der Waals surface area (Å²) in [5, 5.41) is 21.1. The maximum Gasteiger partial charge on any atom is 0.268 e. The highest BCUT2D eigenvalue weighted by molar-refractivity contribution is 7.15. The number of ether oxygens (including phenoxy) is 3. The molecule has 0 spiro atoms. The van der Waals surface area contributed by atoms with Crippen molar-refractivity contribution in [3.8, 4) is 23.3 Å². The van der Waals surface area contributed by atoms with Crippen LogP contribution in [0.2, 0.25) is 0 Å². The van der Waals surface area contributed by atoms with Gasteiger partial charge in [0.1, 0.15) is 35.6 Å². The number of nitrogens with one attached hydrogen (secondary N) is 1. The normalized spacial score (nSPS) is 11.9. The first kappa shape index (κ1) is 26.7. The topological polar surface area (TPSA) is 106 Å². The SMILES string of the molecule is CCc1nnc(NC(=O)/C(C#N)=C\c2ccc(OCCOc3ccc(C(C)CC)cc3)c(OC)c2)s1. The third kappa shape index (κ3) is 7.30. The number of carbonyl (C=O) groups excluding carboxylic acids is 1. The van der Waals surface area contributed by atoms with E-state index in [9.17, 15) is 10.1 Å². The van der Waals surface area contributed by atoms with Gasteiger partial charge in [0.05, 0.1) is 7.11 Å². The Balaban J connectivity index is 1.58. The highest BCUT2D eigenvalue weighted by Crippen LogP contribution is 2.29. The number of benzene rings is 2. The number of rotatable bonds is 12. The largest absolute Gasteiger partial charge is 0.493 e. The fourth-order valence-electron chi connectivity index (χ4n) is 3.26. The van der Waals surface area contributed by atoms with Gasteiger partial charge in [0, 0.05) is 0 Å². The number of nitrogens with zero attached hydrogens (tertiary/aromatic N) is 3. The van der Waals surface area contributed by atoms with E-state index in [4.69, 9.17) is 14.2 Å². The molecule has 0 saturated carbocycles. The molecule has 1 atom stereocenters. The number of hydrogen-bond acceptors (Lipinski definition) is 8. The van der Waals surface area contributed by atoms with Crippen molar-refractivity contribution in [1.82, 2.24) is 10.2 Å².